The number of rotatable bonds is 3. The number of nitriles is 1. The van der Waals surface area contributed by atoms with Gasteiger partial charge in [-0.05, 0) is 17.7 Å². The minimum atomic E-state index is 0.345. The molecule has 0 N–H and O–H groups in total. The van der Waals surface area contributed by atoms with Crippen LogP contribution in [0.25, 0.3) is 11.1 Å². The van der Waals surface area contributed by atoms with E-state index in [-0.39, 0.29) is 0 Å². The summed E-state index contributed by atoms with van der Waals surface area (Å²) in [7, 11) is 3.49. The predicted octanol–water partition coefficient (Wildman–Crippen LogP) is 2.16. The third-order valence-electron chi connectivity index (χ3n) is 2.59. The molecule has 4 heteroatoms. The predicted molar refractivity (Wildman–Crippen MR) is 64.5 cm³/mol. The molecule has 0 aliphatic heterocycles. The van der Waals surface area contributed by atoms with E-state index >= 15 is 0 Å². The Balaban J connectivity index is 2.43. The molecule has 4 nitrogen and oxygen atoms in total. The van der Waals surface area contributed by atoms with E-state index in [1.54, 1.807) is 18.0 Å². The topological polar surface area (TPSA) is 50.8 Å². The Morgan fingerprint density at radius 3 is 2.82 bits per heavy atom. The summed E-state index contributed by atoms with van der Waals surface area (Å²) in [5.74, 6) is 0.749. The molecule has 0 radical (unpaired) electrons. The molecule has 0 atom stereocenters. The summed E-state index contributed by atoms with van der Waals surface area (Å²) in [4.78, 5) is 0. The summed E-state index contributed by atoms with van der Waals surface area (Å²) < 4.78 is 6.98. The largest absolute Gasteiger partial charge is 0.496 e. The van der Waals surface area contributed by atoms with Gasteiger partial charge in [0, 0.05) is 24.4 Å². The molecule has 0 unspecified atom stereocenters. The van der Waals surface area contributed by atoms with Crippen LogP contribution in [0.15, 0.2) is 30.6 Å². The zero-order valence-corrected chi connectivity index (χ0v) is 9.84. The number of aryl methyl sites for hydroxylation is 1. The molecule has 1 heterocycles. The maximum atomic E-state index is 8.78. The fourth-order valence-electron chi connectivity index (χ4n) is 1.75. The molecular formula is C13H13N3O. The normalized spacial score (nSPS) is 9.94. The van der Waals surface area contributed by atoms with Crippen molar-refractivity contribution in [3.8, 4) is 22.9 Å². The quantitative estimate of drug-likeness (QED) is 0.807. The molecule has 0 aliphatic rings. The van der Waals surface area contributed by atoms with Crippen molar-refractivity contribution < 1.29 is 4.74 Å². The van der Waals surface area contributed by atoms with Gasteiger partial charge in [0.1, 0.15) is 5.75 Å². The molecule has 2 rings (SSSR count). The van der Waals surface area contributed by atoms with E-state index < -0.39 is 0 Å². The van der Waals surface area contributed by atoms with E-state index in [0.29, 0.717) is 6.42 Å². The maximum absolute atomic E-state index is 8.78. The number of methoxy groups -OCH3 is 1. The van der Waals surface area contributed by atoms with Crippen LogP contribution in [0.1, 0.15) is 5.56 Å². The summed E-state index contributed by atoms with van der Waals surface area (Å²) in [6.07, 6.45) is 4.09. The van der Waals surface area contributed by atoms with Crippen molar-refractivity contribution in [3.63, 3.8) is 0 Å². The van der Waals surface area contributed by atoms with Crippen LogP contribution in [0.2, 0.25) is 0 Å². The zero-order chi connectivity index (χ0) is 12.3. The van der Waals surface area contributed by atoms with Crippen molar-refractivity contribution in [2.45, 2.75) is 6.42 Å². The fourth-order valence-corrected chi connectivity index (χ4v) is 1.75. The Bertz CT molecular complexity index is 566. The van der Waals surface area contributed by atoms with E-state index in [1.165, 1.54) is 0 Å². The minimum absolute atomic E-state index is 0.345. The first-order valence-electron chi connectivity index (χ1n) is 5.27. The number of benzene rings is 1. The van der Waals surface area contributed by atoms with Crippen LogP contribution in [0.5, 0.6) is 5.75 Å². The Labute approximate surface area is 100 Å². The number of hydrogen-bond acceptors (Lipinski definition) is 3. The smallest absolute Gasteiger partial charge is 0.123 e. The monoisotopic (exact) mass is 227 g/mol. The molecule has 1 aromatic carbocycles. The lowest BCUT2D eigenvalue weighted by molar-refractivity contribution is 0.411. The number of hydrogen-bond donors (Lipinski definition) is 0. The van der Waals surface area contributed by atoms with Crippen molar-refractivity contribution >= 4 is 0 Å². The zero-order valence-electron chi connectivity index (χ0n) is 9.84. The number of ether oxygens (including phenoxy) is 1. The molecule has 0 saturated carbocycles. The van der Waals surface area contributed by atoms with Crippen LogP contribution in [-0.4, -0.2) is 16.9 Å². The lowest BCUT2D eigenvalue weighted by Gasteiger charge is -2.07. The van der Waals surface area contributed by atoms with E-state index in [2.05, 4.69) is 11.2 Å². The highest BCUT2D eigenvalue weighted by atomic mass is 16.5. The molecule has 1 aromatic heterocycles. The lowest BCUT2D eigenvalue weighted by atomic mass is 10.0. The SMILES string of the molecule is COc1ccc(-c2cnn(C)c2)cc1CC#N. The molecule has 0 fully saturated rings. The second-order valence-electron chi connectivity index (χ2n) is 3.76. The van der Waals surface area contributed by atoms with E-state index in [9.17, 15) is 0 Å². The molecule has 0 bridgehead atoms. The first-order valence-corrected chi connectivity index (χ1v) is 5.27. The standard InChI is InChI=1S/C13H13N3O/c1-16-9-12(8-15-16)10-3-4-13(17-2)11(7-10)5-6-14/h3-4,7-9H,5H2,1-2H3. The van der Waals surface area contributed by atoms with Crippen molar-refractivity contribution in [1.82, 2.24) is 9.78 Å². The van der Waals surface area contributed by atoms with Gasteiger partial charge in [-0.3, -0.25) is 4.68 Å². The van der Waals surface area contributed by atoms with Gasteiger partial charge in [-0.1, -0.05) is 6.07 Å². The molecule has 0 amide bonds. The molecule has 0 saturated heterocycles. The van der Waals surface area contributed by atoms with Gasteiger partial charge in [-0.15, -0.1) is 0 Å². The molecular weight excluding hydrogens is 214 g/mol. The van der Waals surface area contributed by atoms with E-state index in [4.69, 9.17) is 10.00 Å². The van der Waals surface area contributed by atoms with Gasteiger partial charge in [0.15, 0.2) is 0 Å². The minimum Gasteiger partial charge on any atom is -0.496 e. The van der Waals surface area contributed by atoms with Gasteiger partial charge in [0.25, 0.3) is 0 Å². The molecule has 2 aromatic rings. The first kappa shape index (κ1) is 11.2. The highest BCUT2D eigenvalue weighted by molar-refractivity contribution is 5.64. The molecule has 86 valence electrons. The Hall–Kier alpha value is -2.28. The lowest BCUT2D eigenvalue weighted by Crippen LogP contribution is -1.91. The summed E-state index contributed by atoms with van der Waals surface area (Å²) in [6.45, 7) is 0. The molecule has 0 aliphatic carbocycles. The maximum Gasteiger partial charge on any atom is 0.123 e. The molecule has 0 spiro atoms. The highest BCUT2D eigenvalue weighted by Gasteiger charge is 2.06. The van der Waals surface area contributed by atoms with Crippen LogP contribution in [0.4, 0.5) is 0 Å². The van der Waals surface area contributed by atoms with Crippen molar-refractivity contribution in [2.24, 2.45) is 7.05 Å². The summed E-state index contributed by atoms with van der Waals surface area (Å²) >= 11 is 0. The number of aromatic nitrogens is 2. The van der Waals surface area contributed by atoms with Crippen LogP contribution in [0, 0.1) is 11.3 Å². The average Bonchev–Trinajstić information content (AvgIpc) is 2.76. The summed E-state index contributed by atoms with van der Waals surface area (Å²) in [5.41, 5.74) is 2.98. The second kappa shape index (κ2) is 4.71. The van der Waals surface area contributed by atoms with Crippen LogP contribution < -0.4 is 4.74 Å². The van der Waals surface area contributed by atoms with Crippen LogP contribution >= 0.6 is 0 Å². The Kier molecular flexibility index (Phi) is 3.10. The van der Waals surface area contributed by atoms with Crippen LogP contribution in [-0.2, 0) is 13.5 Å². The van der Waals surface area contributed by atoms with Gasteiger partial charge in [-0.2, -0.15) is 10.4 Å². The van der Waals surface area contributed by atoms with Crippen LogP contribution in [0.3, 0.4) is 0 Å². The highest BCUT2D eigenvalue weighted by Crippen LogP contribution is 2.26. The summed E-state index contributed by atoms with van der Waals surface area (Å²) in [6, 6.07) is 7.97. The second-order valence-corrected chi connectivity index (χ2v) is 3.76. The third-order valence-corrected chi connectivity index (χ3v) is 2.59. The van der Waals surface area contributed by atoms with Gasteiger partial charge < -0.3 is 4.74 Å². The average molecular weight is 227 g/mol. The van der Waals surface area contributed by atoms with Gasteiger partial charge >= 0.3 is 0 Å². The van der Waals surface area contributed by atoms with Crippen molar-refractivity contribution in [1.29, 1.82) is 5.26 Å². The third kappa shape index (κ3) is 2.28. The first-order chi connectivity index (χ1) is 8.24. The van der Waals surface area contributed by atoms with Gasteiger partial charge in [-0.25, -0.2) is 0 Å². The van der Waals surface area contributed by atoms with Gasteiger partial charge in [0.2, 0.25) is 0 Å². The summed E-state index contributed by atoms with van der Waals surface area (Å²) in [5, 5.41) is 12.9. The number of nitrogens with zero attached hydrogens (tertiary/aromatic N) is 3. The van der Waals surface area contributed by atoms with E-state index in [1.807, 2.05) is 31.4 Å². The fraction of sp³-hybridized carbons (Fsp3) is 0.231. The molecule has 17 heavy (non-hydrogen) atoms. The van der Waals surface area contributed by atoms with Crippen molar-refractivity contribution in [3.05, 3.63) is 36.2 Å². The Morgan fingerprint density at radius 2 is 2.24 bits per heavy atom. The van der Waals surface area contributed by atoms with E-state index in [0.717, 1.165) is 22.4 Å². The van der Waals surface area contributed by atoms with Gasteiger partial charge in [0.05, 0.1) is 25.8 Å². The Morgan fingerprint density at radius 1 is 1.41 bits per heavy atom. The van der Waals surface area contributed by atoms with Crippen molar-refractivity contribution in [2.75, 3.05) is 7.11 Å².